The van der Waals surface area contributed by atoms with Gasteiger partial charge in [-0.15, -0.1) is 0 Å². The van der Waals surface area contributed by atoms with Crippen LogP contribution in [0.5, 0.6) is 0 Å². The number of anilines is 3. The molecular weight excluding hydrogens is 773 g/mol. The first-order valence-corrected chi connectivity index (χ1v) is 22.0. The van der Waals surface area contributed by atoms with Crippen LogP contribution in [0.4, 0.5) is 17.1 Å². The highest BCUT2D eigenvalue weighted by atomic mass is 15.1. The minimum atomic E-state index is 1.08. The van der Waals surface area contributed by atoms with Crippen molar-refractivity contribution in [2.75, 3.05) is 4.90 Å². The first-order valence-electron chi connectivity index (χ1n) is 22.0. The third kappa shape index (κ3) is 6.44. The molecule has 64 heavy (non-hydrogen) atoms. The molecule has 0 aliphatic heterocycles. The Bertz CT molecular complexity index is 3610. The lowest BCUT2D eigenvalue weighted by molar-refractivity contribution is 1.18. The maximum absolute atomic E-state index is 2.42. The predicted octanol–water partition coefficient (Wildman–Crippen LogP) is 17.2. The Balaban J connectivity index is 1.03. The van der Waals surface area contributed by atoms with Gasteiger partial charge in [-0.05, 0) is 115 Å². The Kier molecular flexibility index (Phi) is 9.20. The maximum Gasteiger partial charge on any atom is 0.0541 e. The van der Waals surface area contributed by atoms with Crippen molar-refractivity contribution >= 4 is 60.4 Å². The first-order chi connectivity index (χ1) is 31.8. The zero-order valence-corrected chi connectivity index (χ0v) is 35.1. The van der Waals surface area contributed by atoms with Crippen LogP contribution in [0.3, 0.4) is 0 Å². The molecule has 1 heterocycles. The van der Waals surface area contributed by atoms with Crippen LogP contribution in [-0.2, 0) is 0 Å². The fourth-order valence-corrected chi connectivity index (χ4v) is 9.86. The van der Waals surface area contributed by atoms with Crippen molar-refractivity contribution in [2.24, 2.45) is 0 Å². The van der Waals surface area contributed by atoms with E-state index in [1.54, 1.807) is 0 Å². The number of hydrogen-bond donors (Lipinski definition) is 0. The van der Waals surface area contributed by atoms with Gasteiger partial charge in [-0.2, -0.15) is 0 Å². The molecule has 0 saturated heterocycles. The summed E-state index contributed by atoms with van der Waals surface area (Å²) < 4.78 is 2.42. The average molecular weight is 815 g/mol. The topological polar surface area (TPSA) is 8.17 Å². The van der Waals surface area contributed by atoms with E-state index < -0.39 is 0 Å². The fraction of sp³-hybridized carbons (Fsp3) is 0. The van der Waals surface area contributed by atoms with E-state index in [0.717, 1.165) is 28.3 Å². The van der Waals surface area contributed by atoms with E-state index in [9.17, 15) is 0 Å². The summed E-state index contributed by atoms with van der Waals surface area (Å²) in [7, 11) is 0. The molecule has 0 saturated carbocycles. The number of aromatic nitrogens is 1. The van der Waals surface area contributed by atoms with Gasteiger partial charge in [0, 0.05) is 33.4 Å². The quantitative estimate of drug-likeness (QED) is 0.148. The van der Waals surface area contributed by atoms with Gasteiger partial charge in [0.2, 0.25) is 0 Å². The summed E-state index contributed by atoms with van der Waals surface area (Å²) in [5, 5.41) is 7.44. The summed E-state index contributed by atoms with van der Waals surface area (Å²) in [5.74, 6) is 0. The van der Waals surface area contributed by atoms with E-state index in [0.29, 0.717) is 0 Å². The van der Waals surface area contributed by atoms with E-state index in [1.807, 2.05) is 0 Å². The molecular formula is C62H42N2. The largest absolute Gasteiger partial charge is 0.310 e. The first kappa shape index (κ1) is 37.3. The van der Waals surface area contributed by atoms with Crippen molar-refractivity contribution in [3.8, 4) is 50.2 Å². The smallest absolute Gasteiger partial charge is 0.0541 e. The summed E-state index contributed by atoms with van der Waals surface area (Å²) in [6.07, 6.45) is 0. The van der Waals surface area contributed by atoms with Gasteiger partial charge in [-0.25, -0.2) is 0 Å². The summed E-state index contributed by atoms with van der Waals surface area (Å²) in [5.41, 5.74) is 16.3. The highest BCUT2D eigenvalue weighted by molar-refractivity contribution is 6.10. The Morgan fingerprint density at radius 1 is 0.266 bits per heavy atom. The lowest BCUT2D eigenvalue weighted by Crippen LogP contribution is -2.10. The zero-order chi connectivity index (χ0) is 42.4. The van der Waals surface area contributed by atoms with Gasteiger partial charge in [0.15, 0.2) is 0 Å². The number of rotatable bonds is 8. The molecule has 0 atom stereocenters. The number of nitrogens with zero attached hydrogens (tertiary/aromatic N) is 2. The molecule has 0 bridgehead atoms. The number of fused-ring (bicyclic) bond motifs is 5. The van der Waals surface area contributed by atoms with Crippen molar-refractivity contribution < 1.29 is 0 Å². The van der Waals surface area contributed by atoms with E-state index in [2.05, 4.69) is 264 Å². The van der Waals surface area contributed by atoms with Crippen LogP contribution in [0, 0.1) is 0 Å². The molecule has 300 valence electrons. The molecule has 0 fully saturated rings. The molecule has 0 N–H and O–H groups in total. The molecule has 0 aliphatic carbocycles. The van der Waals surface area contributed by atoms with Crippen molar-refractivity contribution in [3.05, 3.63) is 255 Å². The number of para-hydroxylation sites is 3. The van der Waals surface area contributed by atoms with Crippen LogP contribution in [0.25, 0.3) is 93.5 Å². The minimum Gasteiger partial charge on any atom is -0.310 e. The van der Waals surface area contributed by atoms with E-state index in [4.69, 9.17) is 0 Å². The highest BCUT2D eigenvalue weighted by Crippen LogP contribution is 2.44. The monoisotopic (exact) mass is 814 g/mol. The zero-order valence-electron chi connectivity index (χ0n) is 35.1. The van der Waals surface area contributed by atoms with Crippen LogP contribution >= 0.6 is 0 Å². The molecule has 2 nitrogen and oxygen atoms in total. The van der Waals surface area contributed by atoms with Gasteiger partial charge in [-0.1, -0.05) is 200 Å². The third-order valence-electron chi connectivity index (χ3n) is 12.8. The van der Waals surface area contributed by atoms with Crippen LogP contribution in [0.2, 0.25) is 0 Å². The molecule has 1 aromatic heterocycles. The van der Waals surface area contributed by atoms with Crippen molar-refractivity contribution in [3.63, 3.8) is 0 Å². The third-order valence-corrected chi connectivity index (χ3v) is 12.8. The Hall–Kier alpha value is -8.46. The van der Waals surface area contributed by atoms with Gasteiger partial charge in [0.25, 0.3) is 0 Å². The van der Waals surface area contributed by atoms with Gasteiger partial charge in [0.1, 0.15) is 0 Å². The van der Waals surface area contributed by atoms with Gasteiger partial charge < -0.3 is 9.47 Å². The summed E-state index contributed by atoms with van der Waals surface area (Å²) in [6, 6.07) is 92.7. The SMILES string of the molecule is c1ccc(-c2ccc3ccccc3c2-c2cccc(N(c3ccc(-c4ccccc4-n4c5ccccc5c5ccccc54)cc3)c3cccc(-c4cccc5ccccc45)c3)c2)cc1. The van der Waals surface area contributed by atoms with E-state index >= 15 is 0 Å². The fourth-order valence-electron chi connectivity index (χ4n) is 9.86. The second kappa shape index (κ2) is 15.8. The number of benzene rings is 11. The lowest BCUT2D eigenvalue weighted by Gasteiger charge is -2.27. The molecule has 0 radical (unpaired) electrons. The van der Waals surface area contributed by atoms with E-state index in [1.165, 1.54) is 82.3 Å². The normalized spacial score (nSPS) is 11.4. The van der Waals surface area contributed by atoms with Crippen LogP contribution < -0.4 is 4.90 Å². The summed E-state index contributed by atoms with van der Waals surface area (Å²) in [6.45, 7) is 0. The molecule has 0 amide bonds. The standard InChI is InChI=1S/C62H42N2/c1-2-17-44(18-3-1)56-40-37-45-20-5-7-28-55(45)62(56)48-23-15-25-51(42-48)63(50-24-14-22-47(41-50)53-31-16-21-43-19-4-6-26-52(43)53)49-38-35-46(36-39-49)54-27-8-11-32-59(54)64-60-33-12-9-29-57(60)58-30-10-13-34-61(58)64/h1-42H. The average Bonchev–Trinajstić information content (AvgIpc) is 3.71. The molecule has 12 aromatic rings. The summed E-state index contributed by atoms with van der Waals surface area (Å²) >= 11 is 0. The highest BCUT2D eigenvalue weighted by Gasteiger charge is 2.20. The Morgan fingerprint density at radius 2 is 0.766 bits per heavy atom. The second-order valence-electron chi connectivity index (χ2n) is 16.5. The molecule has 0 aliphatic rings. The van der Waals surface area contributed by atoms with Crippen LogP contribution in [0.1, 0.15) is 0 Å². The predicted molar refractivity (Wildman–Crippen MR) is 272 cm³/mol. The van der Waals surface area contributed by atoms with Gasteiger partial charge in [0.05, 0.1) is 16.7 Å². The second-order valence-corrected chi connectivity index (χ2v) is 16.5. The van der Waals surface area contributed by atoms with Gasteiger partial charge in [-0.3, -0.25) is 0 Å². The molecule has 2 heteroatoms. The Labute approximate surface area is 373 Å². The van der Waals surface area contributed by atoms with Crippen LogP contribution in [-0.4, -0.2) is 4.57 Å². The molecule has 0 unspecified atom stereocenters. The van der Waals surface area contributed by atoms with Crippen LogP contribution in [0.15, 0.2) is 255 Å². The maximum atomic E-state index is 2.42. The molecule has 11 aromatic carbocycles. The molecule has 12 rings (SSSR count). The number of hydrogen-bond acceptors (Lipinski definition) is 1. The van der Waals surface area contributed by atoms with Crippen molar-refractivity contribution in [2.45, 2.75) is 0 Å². The van der Waals surface area contributed by atoms with Crippen molar-refractivity contribution in [1.29, 1.82) is 0 Å². The summed E-state index contributed by atoms with van der Waals surface area (Å²) in [4.78, 5) is 2.41. The Morgan fingerprint density at radius 3 is 1.50 bits per heavy atom. The van der Waals surface area contributed by atoms with Crippen molar-refractivity contribution in [1.82, 2.24) is 4.57 Å². The van der Waals surface area contributed by atoms with E-state index in [-0.39, 0.29) is 0 Å². The van der Waals surface area contributed by atoms with Gasteiger partial charge >= 0.3 is 0 Å². The lowest BCUT2D eigenvalue weighted by atomic mass is 9.89. The molecule has 0 spiro atoms. The minimum absolute atomic E-state index is 1.08.